The first-order valence-corrected chi connectivity index (χ1v) is 9.02. The van der Waals surface area contributed by atoms with Gasteiger partial charge < -0.3 is 5.32 Å². The van der Waals surface area contributed by atoms with Gasteiger partial charge in [0, 0.05) is 22.3 Å². The van der Waals surface area contributed by atoms with E-state index in [4.69, 9.17) is 0 Å². The minimum Gasteiger partial charge on any atom is -0.326 e. The molecule has 0 fully saturated rings. The number of carbonyl (C=O) groups is 1. The number of tetrazole rings is 1. The number of carbonyl (C=O) groups excluding carboxylic acids is 1. The van der Waals surface area contributed by atoms with Crippen molar-refractivity contribution in [3.63, 3.8) is 0 Å². The first-order chi connectivity index (χ1) is 11.7. The number of amides is 1. The molecule has 0 radical (unpaired) electrons. The molecule has 6 nitrogen and oxygen atoms in total. The molecule has 0 aliphatic carbocycles. The number of halogens is 1. The molecule has 122 valence electrons. The van der Waals surface area contributed by atoms with Gasteiger partial charge in [-0.25, -0.2) is 0 Å². The molecule has 0 saturated carbocycles. The molecule has 1 heterocycles. The minimum atomic E-state index is -0.0384. The van der Waals surface area contributed by atoms with Gasteiger partial charge in [0.2, 0.25) is 11.1 Å². The van der Waals surface area contributed by atoms with E-state index in [1.807, 2.05) is 54.6 Å². The lowest BCUT2D eigenvalue weighted by Gasteiger charge is -2.06. The third kappa shape index (κ3) is 4.42. The number of hydrogen-bond acceptors (Lipinski definition) is 5. The molecule has 0 atom stereocenters. The third-order valence-corrected chi connectivity index (χ3v) is 4.58. The Balaban J connectivity index is 1.53. The van der Waals surface area contributed by atoms with Crippen LogP contribution in [0.2, 0.25) is 0 Å². The summed E-state index contributed by atoms with van der Waals surface area (Å²) >= 11 is 4.81. The molecule has 24 heavy (non-hydrogen) atoms. The highest BCUT2D eigenvalue weighted by Gasteiger charge is 2.10. The van der Waals surface area contributed by atoms with Gasteiger partial charge in [0.15, 0.2) is 0 Å². The van der Waals surface area contributed by atoms with E-state index in [0.717, 1.165) is 15.8 Å². The van der Waals surface area contributed by atoms with Crippen molar-refractivity contribution >= 4 is 39.3 Å². The summed E-state index contributed by atoms with van der Waals surface area (Å²) in [4.78, 5) is 12.0. The summed E-state index contributed by atoms with van der Waals surface area (Å²) in [7, 11) is 0. The molecule has 3 rings (SSSR count). The zero-order valence-electron chi connectivity index (χ0n) is 12.6. The van der Waals surface area contributed by atoms with E-state index in [-0.39, 0.29) is 5.91 Å². The maximum atomic E-state index is 12.0. The van der Waals surface area contributed by atoms with E-state index >= 15 is 0 Å². The number of para-hydroxylation sites is 1. The van der Waals surface area contributed by atoms with Crippen molar-refractivity contribution < 1.29 is 4.79 Å². The summed E-state index contributed by atoms with van der Waals surface area (Å²) in [5, 5.41) is 15.2. The number of anilines is 1. The van der Waals surface area contributed by atoms with Crippen LogP contribution >= 0.6 is 27.7 Å². The first kappa shape index (κ1) is 16.7. The number of nitrogens with zero attached hydrogens (tertiary/aromatic N) is 4. The van der Waals surface area contributed by atoms with E-state index in [2.05, 4.69) is 36.8 Å². The molecule has 0 aliphatic heterocycles. The van der Waals surface area contributed by atoms with Crippen LogP contribution < -0.4 is 5.32 Å². The van der Waals surface area contributed by atoms with Gasteiger partial charge in [-0.3, -0.25) is 4.79 Å². The van der Waals surface area contributed by atoms with Crippen LogP contribution in [0.3, 0.4) is 0 Å². The average Bonchev–Trinajstić information content (AvgIpc) is 3.06. The monoisotopic (exact) mass is 403 g/mol. The lowest BCUT2D eigenvalue weighted by molar-refractivity contribution is -0.115. The maximum Gasteiger partial charge on any atom is 0.225 e. The fourth-order valence-corrected chi connectivity index (χ4v) is 3.08. The van der Waals surface area contributed by atoms with E-state index < -0.39 is 0 Å². The number of aromatic nitrogens is 4. The van der Waals surface area contributed by atoms with E-state index in [9.17, 15) is 4.79 Å². The van der Waals surface area contributed by atoms with Crippen LogP contribution in [0.5, 0.6) is 0 Å². The molecule has 8 heteroatoms. The molecule has 1 amide bonds. The molecule has 2 aromatic carbocycles. The Morgan fingerprint density at radius 1 is 1.12 bits per heavy atom. The van der Waals surface area contributed by atoms with Crippen molar-refractivity contribution in [3.8, 4) is 5.69 Å². The Morgan fingerprint density at radius 3 is 2.62 bits per heavy atom. The number of hydrogen-bond donors (Lipinski definition) is 1. The van der Waals surface area contributed by atoms with Crippen LogP contribution in [0.15, 0.2) is 64.2 Å². The number of thioether (sulfide) groups is 1. The molecular weight excluding hydrogens is 390 g/mol. The largest absolute Gasteiger partial charge is 0.326 e. The predicted octanol–water partition coefficient (Wildman–Crippen LogP) is 3.55. The lowest BCUT2D eigenvalue weighted by atomic mass is 10.3. The van der Waals surface area contributed by atoms with Gasteiger partial charge in [0.05, 0.1) is 5.69 Å². The summed E-state index contributed by atoms with van der Waals surface area (Å²) < 4.78 is 2.64. The molecule has 0 bridgehead atoms. The standard InChI is InChI=1S/C16H14BrN5OS/c17-12-6-8-13(9-7-12)18-15(23)10-11-24-16-19-20-21-22(16)14-4-2-1-3-5-14/h1-9H,10-11H2,(H,18,23). The van der Waals surface area contributed by atoms with E-state index in [1.165, 1.54) is 11.8 Å². The van der Waals surface area contributed by atoms with Gasteiger partial charge in [-0.15, -0.1) is 5.10 Å². The lowest BCUT2D eigenvalue weighted by Crippen LogP contribution is -2.12. The smallest absolute Gasteiger partial charge is 0.225 e. The fraction of sp³-hybridized carbons (Fsp3) is 0.125. The Hall–Kier alpha value is -2.19. The normalized spacial score (nSPS) is 10.5. The fourth-order valence-electron chi connectivity index (χ4n) is 1.99. The maximum absolute atomic E-state index is 12.0. The van der Waals surface area contributed by atoms with Crippen molar-refractivity contribution in [2.75, 3.05) is 11.1 Å². The van der Waals surface area contributed by atoms with Crippen LogP contribution in [0, 0.1) is 0 Å². The number of rotatable bonds is 6. The first-order valence-electron chi connectivity index (χ1n) is 7.24. The topological polar surface area (TPSA) is 72.7 Å². The number of nitrogens with one attached hydrogen (secondary N) is 1. The highest BCUT2D eigenvalue weighted by molar-refractivity contribution is 9.10. The second kappa shape index (κ2) is 8.07. The Kier molecular flexibility index (Phi) is 5.60. The molecular formula is C16H14BrN5OS. The van der Waals surface area contributed by atoms with Crippen LogP contribution in [0.25, 0.3) is 5.69 Å². The van der Waals surface area contributed by atoms with Gasteiger partial charge in [-0.05, 0) is 46.8 Å². The van der Waals surface area contributed by atoms with Gasteiger partial charge >= 0.3 is 0 Å². The quantitative estimate of drug-likeness (QED) is 0.637. The third-order valence-electron chi connectivity index (χ3n) is 3.13. The summed E-state index contributed by atoms with van der Waals surface area (Å²) in [5.74, 6) is 0.554. The molecule has 1 N–H and O–H groups in total. The molecule has 0 saturated heterocycles. The minimum absolute atomic E-state index is 0.0384. The summed E-state index contributed by atoms with van der Waals surface area (Å²) in [5.41, 5.74) is 1.67. The molecule has 3 aromatic rings. The Bertz CT molecular complexity index is 807. The Labute approximate surface area is 151 Å². The van der Waals surface area contributed by atoms with Crippen LogP contribution in [0.4, 0.5) is 5.69 Å². The summed E-state index contributed by atoms with van der Waals surface area (Å²) in [6, 6.07) is 17.1. The second-order valence-electron chi connectivity index (χ2n) is 4.86. The van der Waals surface area contributed by atoms with Crippen molar-refractivity contribution in [3.05, 3.63) is 59.1 Å². The zero-order valence-corrected chi connectivity index (χ0v) is 15.0. The van der Waals surface area contributed by atoms with Gasteiger partial charge in [-0.1, -0.05) is 45.9 Å². The summed E-state index contributed by atoms with van der Waals surface area (Å²) in [6.45, 7) is 0. The van der Waals surface area contributed by atoms with Gasteiger partial charge in [-0.2, -0.15) is 4.68 Å². The Morgan fingerprint density at radius 2 is 1.88 bits per heavy atom. The van der Waals surface area contributed by atoms with Crippen molar-refractivity contribution in [1.82, 2.24) is 20.2 Å². The summed E-state index contributed by atoms with van der Waals surface area (Å²) in [6.07, 6.45) is 0.377. The van der Waals surface area contributed by atoms with Gasteiger partial charge in [0.1, 0.15) is 0 Å². The van der Waals surface area contributed by atoms with Crippen molar-refractivity contribution in [1.29, 1.82) is 0 Å². The van der Waals surface area contributed by atoms with Crippen LogP contribution in [0.1, 0.15) is 6.42 Å². The number of benzene rings is 2. The highest BCUT2D eigenvalue weighted by Crippen LogP contribution is 2.19. The average molecular weight is 404 g/mol. The molecule has 0 spiro atoms. The van der Waals surface area contributed by atoms with Crippen LogP contribution in [-0.4, -0.2) is 31.9 Å². The zero-order chi connectivity index (χ0) is 16.8. The second-order valence-corrected chi connectivity index (χ2v) is 6.84. The van der Waals surface area contributed by atoms with E-state index in [0.29, 0.717) is 17.3 Å². The molecule has 1 aromatic heterocycles. The van der Waals surface area contributed by atoms with E-state index in [1.54, 1.807) is 4.68 Å². The molecule has 0 aliphatic rings. The predicted molar refractivity (Wildman–Crippen MR) is 97.3 cm³/mol. The van der Waals surface area contributed by atoms with Crippen molar-refractivity contribution in [2.45, 2.75) is 11.6 Å². The van der Waals surface area contributed by atoms with Crippen LogP contribution in [-0.2, 0) is 4.79 Å². The van der Waals surface area contributed by atoms with Gasteiger partial charge in [0.25, 0.3) is 0 Å². The molecule has 0 unspecified atom stereocenters. The SMILES string of the molecule is O=C(CCSc1nnnn1-c1ccccc1)Nc1ccc(Br)cc1. The highest BCUT2D eigenvalue weighted by atomic mass is 79.9. The van der Waals surface area contributed by atoms with Crippen molar-refractivity contribution in [2.24, 2.45) is 0 Å².